The van der Waals surface area contributed by atoms with Crippen LogP contribution in [-0.2, 0) is 0 Å². The highest BCUT2D eigenvalue weighted by Gasteiger charge is 2.02. The van der Waals surface area contributed by atoms with Gasteiger partial charge in [0.1, 0.15) is 5.68 Å². The van der Waals surface area contributed by atoms with Gasteiger partial charge in [0.15, 0.2) is 15.7 Å². The second-order valence-corrected chi connectivity index (χ2v) is 2.70. The van der Waals surface area contributed by atoms with Crippen LogP contribution in [0.3, 0.4) is 0 Å². The van der Waals surface area contributed by atoms with E-state index in [1.54, 1.807) is 14.0 Å². The third kappa shape index (κ3) is 1.70. The molecule has 0 N–H and O–H groups in total. The Balaban J connectivity index is 3.23. The van der Waals surface area contributed by atoms with Crippen LogP contribution in [0.5, 0.6) is 0 Å². The van der Waals surface area contributed by atoms with Crippen molar-refractivity contribution < 1.29 is 4.79 Å². The molecule has 0 aliphatic carbocycles. The first-order valence-corrected chi connectivity index (χ1v) is 3.55. The third-order valence-electron chi connectivity index (χ3n) is 1.60. The molecule has 0 aliphatic heterocycles. The van der Waals surface area contributed by atoms with Crippen molar-refractivity contribution in [2.45, 2.75) is 6.92 Å². The first kappa shape index (κ1) is 8.05. The van der Waals surface area contributed by atoms with Gasteiger partial charge in [0.2, 0.25) is 0 Å². The number of carbonyl (C=O) groups is 1. The van der Waals surface area contributed by atoms with Gasteiger partial charge >= 0.3 is 0 Å². The second kappa shape index (κ2) is 2.91. The summed E-state index contributed by atoms with van der Waals surface area (Å²) >= 11 is 0. The summed E-state index contributed by atoms with van der Waals surface area (Å²) in [5.41, 5.74) is 2.65. The Labute approximate surface area is 67.8 Å². The Kier molecular flexibility index (Phi) is 2.13. The fraction of sp³-hybridized carbons (Fsp3) is 0.143. The highest BCUT2D eigenvalue weighted by molar-refractivity contribution is 6.64. The molecule has 1 aromatic rings. The van der Waals surface area contributed by atoms with Crippen molar-refractivity contribution in [3.8, 4) is 0 Å². The Bertz CT molecular complexity index is 298. The number of carbonyl (C=O) groups excluding carboxylic acids is 1. The molecule has 0 amide bonds. The van der Waals surface area contributed by atoms with E-state index in [0.717, 1.165) is 16.7 Å². The minimum atomic E-state index is 0.0821. The smallest absolute Gasteiger partial charge is 0.193 e. The van der Waals surface area contributed by atoms with Crippen molar-refractivity contribution >= 4 is 27.0 Å². The van der Waals surface area contributed by atoms with E-state index in [1.807, 2.05) is 20.8 Å². The summed E-state index contributed by atoms with van der Waals surface area (Å²) in [4.78, 5) is 15.1. The maximum absolute atomic E-state index is 11.0. The van der Waals surface area contributed by atoms with Gasteiger partial charge in [-0.05, 0) is 18.6 Å². The Hall–Kier alpha value is -1.05. The first-order valence-electron chi connectivity index (χ1n) is 3.55. The summed E-state index contributed by atoms with van der Waals surface area (Å²) in [5.74, 6) is 0. The third-order valence-corrected chi connectivity index (χ3v) is 1.60. The van der Waals surface area contributed by atoms with Crippen LogP contribution in [0.15, 0.2) is 12.3 Å². The number of nitrogens with zero attached hydrogens (tertiary/aromatic N) is 1. The van der Waals surface area contributed by atoms with Crippen LogP contribution in [0.2, 0.25) is 0 Å². The van der Waals surface area contributed by atoms with Crippen molar-refractivity contribution in [2.75, 3.05) is 0 Å². The molecule has 0 aliphatic rings. The Morgan fingerprint density at radius 3 is 2.73 bits per heavy atom. The molecule has 0 spiro atoms. The van der Waals surface area contributed by atoms with E-state index >= 15 is 0 Å². The number of hydrogen-bond donors (Lipinski definition) is 0. The molecule has 0 saturated heterocycles. The molecule has 4 heteroatoms. The molecule has 0 unspecified atom stereocenters. The average Bonchev–Trinajstić information content (AvgIpc) is 1.94. The zero-order valence-electron chi connectivity index (χ0n) is 7.01. The summed E-state index contributed by atoms with van der Waals surface area (Å²) < 4.78 is 0. The molecule has 0 fully saturated rings. The van der Waals surface area contributed by atoms with Gasteiger partial charge in [0.05, 0.1) is 0 Å². The van der Waals surface area contributed by atoms with E-state index in [1.165, 1.54) is 0 Å². The molecule has 1 aromatic heterocycles. The standard InChI is InChI=1S/C7H9B2NO/c1-4-2-5(7(9)11)6(8)10-3-4/h2-3H,8-9H2,1H3. The normalized spacial score (nSPS) is 9.55. The van der Waals surface area contributed by atoms with Crippen LogP contribution >= 0.6 is 0 Å². The number of rotatable bonds is 1. The molecular formula is C7H9B2NO. The van der Waals surface area contributed by atoms with Crippen LogP contribution < -0.4 is 5.59 Å². The van der Waals surface area contributed by atoms with E-state index in [0.29, 0.717) is 0 Å². The topological polar surface area (TPSA) is 30.0 Å². The lowest BCUT2D eigenvalue weighted by atomic mass is 9.86. The summed E-state index contributed by atoms with van der Waals surface area (Å²) in [6.07, 6.45) is 1.77. The lowest BCUT2D eigenvalue weighted by Crippen LogP contribution is -2.19. The fourth-order valence-corrected chi connectivity index (χ4v) is 0.994. The van der Waals surface area contributed by atoms with Gasteiger partial charge in [-0.25, -0.2) is 0 Å². The summed E-state index contributed by atoms with van der Waals surface area (Å²) in [6, 6.07) is 1.87. The lowest BCUT2D eigenvalue weighted by molar-refractivity contribution is 0.108. The molecule has 54 valence electrons. The zero-order valence-corrected chi connectivity index (χ0v) is 7.01. The van der Waals surface area contributed by atoms with Crippen LogP contribution in [-0.4, -0.2) is 26.4 Å². The van der Waals surface area contributed by atoms with Crippen LogP contribution in [0, 0.1) is 6.92 Å². The predicted molar refractivity (Wildman–Crippen MR) is 50.0 cm³/mol. The van der Waals surface area contributed by atoms with Crippen LogP contribution in [0.25, 0.3) is 0 Å². The summed E-state index contributed by atoms with van der Waals surface area (Å²) in [6.45, 7) is 1.93. The second-order valence-electron chi connectivity index (χ2n) is 2.70. The number of aryl methyl sites for hydroxylation is 1. The molecule has 0 bridgehead atoms. The SMILES string of the molecule is BC(=O)c1cc(C)cnc1B. The minimum Gasteiger partial charge on any atom is -0.307 e. The van der Waals surface area contributed by atoms with Crippen LogP contribution in [0.1, 0.15) is 15.9 Å². The molecule has 1 rings (SSSR count). The van der Waals surface area contributed by atoms with E-state index in [4.69, 9.17) is 0 Å². The minimum absolute atomic E-state index is 0.0821. The number of hydrogen-bond acceptors (Lipinski definition) is 2. The van der Waals surface area contributed by atoms with Crippen molar-refractivity contribution in [2.24, 2.45) is 0 Å². The van der Waals surface area contributed by atoms with Gasteiger partial charge < -0.3 is 4.79 Å². The van der Waals surface area contributed by atoms with E-state index in [9.17, 15) is 4.79 Å². The largest absolute Gasteiger partial charge is 0.307 e. The summed E-state index contributed by atoms with van der Waals surface area (Å²) in [7, 11) is 3.40. The molecule has 0 atom stereocenters. The Morgan fingerprint density at radius 2 is 2.27 bits per heavy atom. The van der Waals surface area contributed by atoms with Gasteiger partial charge in [-0.2, -0.15) is 0 Å². The quantitative estimate of drug-likeness (QED) is 0.446. The summed E-state index contributed by atoms with van der Waals surface area (Å²) in [5, 5.41) is 0. The van der Waals surface area contributed by atoms with E-state index in [-0.39, 0.29) is 5.68 Å². The van der Waals surface area contributed by atoms with Crippen molar-refractivity contribution in [1.29, 1.82) is 0 Å². The predicted octanol–water partition coefficient (Wildman–Crippen LogP) is -1.58. The molecule has 1 heterocycles. The van der Waals surface area contributed by atoms with Gasteiger partial charge in [-0.15, -0.1) is 0 Å². The van der Waals surface area contributed by atoms with Gasteiger partial charge in [-0.3, -0.25) is 4.98 Å². The molecule has 0 aromatic carbocycles. The van der Waals surface area contributed by atoms with E-state index < -0.39 is 0 Å². The maximum atomic E-state index is 11.0. The number of aromatic nitrogens is 1. The highest BCUT2D eigenvalue weighted by atomic mass is 16.1. The molecular weight excluding hydrogens is 136 g/mol. The lowest BCUT2D eigenvalue weighted by Gasteiger charge is -2.01. The molecule has 0 radical (unpaired) electrons. The zero-order chi connectivity index (χ0) is 8.43. The fourth-order valence-electron chi connectivity index (χ4n) is 0.994. The van der Waals surface area contributed by atoms with E-state index in [2.05, 4.69) is 4.98 Å². The first-order chi connectivity index (χ1) is 5.11. The average molecular weight is 145 g/mol. The van der Waals surface area contributed by atoms with Gasteiger partial charge in [0, 0.05) is 17.4 Å². The van der Waals surface area contributed by atoms with Crippen molar-refractivity contribution in [3.05, 3.63) is 23.4 Å². The monoisotopic (exact) mass is 145 g/mol. The molecule has 2 nitrogen and oxygen atoms in total. The molecule has 11 heavy (non-hydrogen) atoms. The highest BCUT2D eigenvalue weighted by Crippen LogP contribution is 1.97. The maximum Gasteiger partial charge on any atom is 0.193 e. The van der Waals surface area contributed by atoms with Gasteiger partial charge in [-0.1, -0.05) is 0 Å². The van der Waals surface area contributed by atoms with Crippen molar-refractivity contribution in [1.82, 2.24) is 4.98 Å². The number of pyridine rings is 1. The van der Waals surface area contributed by atoms with Crippen LogP contribution in [0.4, 0.5) is 0 Å². The van der Waals surface area contributed by atoms with Gasteiger partial charge in [0.25, 0.3) is 0 Å². The molecule has 0 saturated carbocycles. The Morgan fingerprint density at radius 1 is 1.64 bits per heavy atom. The van der Waals surface area contributed by atoms with Crippen molar-refractivity contribution in [3.63, 3.8) is 0 Å².